The van der Waals surface area contributed by atoms with E-state index in [2.05, 4.69) is 0 Å². The highest BCUT2D eigenvalue weighted by atomic mass is 16.3. The predicted molar refractivity (Wildman–Crippen MR) is 58.3 cm³/mol. The van der Waals surface area contributed by atoms with Gasteiger partial charge in [0.05, 0.1) is 6.04 Å². The average Bonchev–Trinajstić information content (AvgIpc) is 2.19. The summed E-state index contributed by atoms with van der Waals surface area (Å²) >= 11 is 0. The van der Waals surface area contributed by atoms with Crippen LogP contribution in [0.1, 0.15) is 17.5 Å². The molecule has 0 heterocycles. The number of hydrogen-bond acceptors (Lipinski definition) is 3. The summed E-state index contributed by atoms with van der Waals surface area (Å²) in [5.41, 5.74) is 12.4. The van der Waals surface area contributed by atoms with Gasteiger partial charge < -0.3 is 16.6 Å². The van der Waals surface area contributed by atoms with E-state index in [1.54, 1.807) is 6.07 Å². The molecule has 0 spiro atoms. The first-order valence-corrected chi connectivity index (χ1v) is 4.84. The molecule has 0 bridgehead atoms. The van der Waals surface area contributed by atoms with E-state index in [4.69, 9.17) is 11.5 Å². The maximum atomic E-state index is 10.7. The number of nitrogens with two attached hydrogens (primary N) is 2. The molecule has 4 heteroatoms. The lowest BCUT2D eigenvalue weighted by molar-refractivity contribution is -0.119. The zero-order chi connectivity index (χ0) is 11.4. The smallest absolute Gasteiger partial charge is 0.234 e. The molecule has 1 aromatic rings. The van der Waals surface area contributed by atoms with Crippen molar-refractivity contribution < 1.29 is 9.90 Å². The maximum Gasteiger partial charge on any atom is 0.234 e. The van der Waals surface area contributed by atoms with E-state index >= 15 is 0 Å². The number of aromatic hydroxyl groups is 1. The average molecular weight is 208 g/mol. The van der Waals surface area contributed by atoms with Gasteiger partial charge in [-0.3, -0.25) is 4.79 Å². The molecule has 0 aliphatic heterocycles. The number of phenols is 1. The van der Waals surface area contributed by atoms with Crippen LogP contribution in [0.3, 0.4) is 0 Å². The Bertz CT molecular complexity index is 364. The lowest BCUT2D eigenvalue weighted by Gasteiger charge is -2.08. The second-order valence-corrected chi connectivity index (χ2v) is 3.67. The minimum absolute atomic E-state index is 0.276. The van der Waals surface area contributed by atoms with Gasteiger partial charge in [0.25, 0.3) is 0 Å². The van der Waals surface area contributed by atoms with E-state index in [0.717, 1.165) is 11.1 Å². The van der Waals surface area contributed by atoms with E-state index in [0.29, 0.717) is 12.8 Å². The van der Waals surface area contributed by atoms with Gasteiger partial charge >= 0.3 is 0 Å². The quantitative estimate of drug-likeness (QED) is 0.671. The molecule has 82 valence electrons. The van der Waals surface area contributed by atoms with E-state index in [1.807, 2.05) is 19.1 Å². The molecular formula is C11H16N2O2. The second-order valence-electron chi connectivity index (χ2n) is 3.67. The molecule has 0 saturated carbocycles. The van der Waals surface area contributed by atoms with Gasteiger partial charge in [-0.2, -0.15) is 0 Å². The van der Waals surface area contributed by atoms with E-state index in [1.165, 1.54) is 0 Å². The number of rotatable bonds is 4. The molecule has 5 N–H and O–H groups in total. The van der Waals surface area contributed by atoms with Crippen LogP contribution in [0.5, 0.6) is 5.75 Å². The number of aryl methyl sites for hydroxylation is 2. The number of phenolic OH excluding ortho intramolecular Hbond substituents is 1. The van der Waals surface area contributed by atoms with Crippen molar-refractivity contribution in [1.82, 2.24) is 0 Å². The van der Waals surface area contributed by atoms with Crippen LogP contribution in [0.15, 0.2) is 18.2 Å². The van der Waals surface area contributed by atoms with Crippen LogP contribution in [0.2, 0.25) is 0 Å². The zero-order valence-corrected chi connectivity index (χ0v) is 8.73. The Labute approximate surface area is 88.9 Å². The number of primary amides is 1. The van der Waals surface area contributed by atoms with Crippen LogP contribution >= 0.6 is 0 Å². The topological polar surface area (TPSA) is 89.3 Å². The van der Waals surface area contributed by atoms with Crippen LogP contribution in [-0.4, -0.2) is 17.1 Å². The molecule has 4 nitrogen and oxygen atoms in total. The van der Waals surface area contributed by atoms with Crippen LogP contribution in [0.25, 0.3) is 0 Å². The highest BCUT2D eigenvalue weighted by Crippen LogP contribution is 2.17. The molecular weight excluding hydrogens is 192 g/mol. The molecule has 0 aromatic heterocycles. The van der Waals surface area contributed by atoms with Crippen LogP contribution in [-0.2, 0) is 11.2 Å². The Morgan fingerprint density at radius 3 is 2.73 bits per heavy atom. The van der Waals surface area contributed by atoms with E-state index < -0.39 is 11.9 Å². The third kappa shape index (κ3) is 3.25. The highest BCUT2D eigenvalue weighted by molar-refractivity contribution is 5.79. The molecule has 0 unspecified atom stereocenters. The lowest BCUT2D eigenvalue weighted by Crippen LogP contribution is -2.36. The molecule has 1 aromatic carbocycles. The van der Waals surface area contributed by atoms with Gasteiger partial charge in [0.2, 0.25) is 5.91 Å². The van der Waals surface area contributed by atoms with E-state index in [-0.39, 0.29) is 5.75 Å². The first kappa shape index (κ1) is 11.5. The second kappa shape index (κ2) is 4.79. The van der Waals surface area contributed by atoms with Gasteiger partial charge in [0.1, 0.15) is 5.75 Å². The molecule has 1 rings (SSSR count). The molecule has 0 saturated heterocycles. The third-order valence-electron chi connectivity index (χ3n) is 2.37. The fraction of sp³-hybridized carbons (Fsp3) is 0.364. The summed E-state index contributed by atoms with van der Waals surface area (Å²) in [6.07, 6.45) is 1.21. The molecule has 1 amide bonds. The van der Waals surface area contributed by atoms with Crippen molar-refractivity contribution in [3.8, 4) is 5.75 Å². The van der Waals surface area contributed by atoms with Crippen molar-refractivity contribution in [2.75, 3.05) is 0 Å². The Morgan fingerprint density at radius 2 is 2.20 bits per heavy atom. The molecule has 15 heavy (non-hydrogen) atoms. The van der Waals surface area contributed by atoms with Crippen molar-refractivity contribution in [2.45, 2.75) is 25.8 Å². The predicted octanol–water partition coefficient (Wildman–Crippen LogP) is 0.446. The largest absolute Gasteiger partial charge is 0.508 e. The minimum atomic E-state index is -0.598. The maximum absolute atomic E-state index is 10.7. The van der Waals surface area contributed by atoms with Crippen molar-refractivity contribution in [1.29, 1.82) is 0 Å². The van der Waals surface area contributed by atoms with Gasteiger partial charge in [-0.1, -0.05) is 12.1 Å². The van der Waals surface area contributed by atoms with Crippen molar-refractivity contribution >= 4 is 5.91 Å². The minimum Gasteiger partial charge on any atom is -0.508 e. The Kier molecular flexibility index (Phi) is 3.68. The lowest BCUT2D eigenvalue weighted by atomic mass is 10.0. The number of carbonyl (C=O) groups is 1. The number of carbonyl (C=O) groups excluding carboxylic acids is 1. The standard InChI is InChI=1S/C11H16N2O2/c1-7-6-8(3-5-10(7)14)2-4-9(12)11(13)15/h3,5-6,9,14H,2,4,12H2,1H3,(H2,13,15)/t9-/m0/s1. The summed E-state index contributed by atoms with van der Waals surface area (Å²) in [7, 11) is 0. The SMILES string of the molecule is Cc1cc(CC[C@H](N)C(N)=O)ccc1O. The number of hydrogen-bond donors (Lipinski definition) is 3. The summed E-state index contributed by atoms with van der Waals surface area (Å²) < 4.78 is 0. The molecule has 1 atom stereocenters. The highest BCUT2D eigenvalue weighted by Gasteiger charge is 2.09. The summed E-state index contributed by atoms with van der Waals surface area (Å²) in [6.45, 7) is 1.83. The van der Waals surface area contributed by atoms with Gasteiger partial charge in [-0.15, -0.1) is 0 Å². The first-order valence-electron chi connectivity index (χ1n) is 4.84. The van der Waals surface area contributed by atoms with Crippen molar-refractivity contribution in [3.05, 3.63) is 29.3 Å². The summed E-state index contributed by atoms with van der Waals surface area (Å²) in [6, 6.07) is 4.73. The van der Waals surface area contributed by atoms with Gasteiger partial charge in [0, 0.05) is 0 Å². The van der Waals surface area contributed by atoms with Crippen LogP contribution in [0, 0.1) is 6.92 Å². The number of amides is 1. The monoisotopic (exact) mass is 208 g/mol. The Balaban J connectivity index is 2.58. The van der Waals surface area contributed by atoms with Gasteiger partial charge in [0.15, 0.2) is 0 Å². The fourth-order valence-corrected chi connectivity index (χ4v) is 1.34. The first-order chi connectivity index (χ1) is 7.00. The van der Waals surface area contributed by atoms with Crippen molar-refractivity contribution in [2.24, 2.45) is 11.5 Å². The van der Waals surface area contributed by atoms with Crippen LogP contribution < -0.4 is 11.5 Å². The Hall–Kier alpha value is -1.55. The molecule has 0 aliphatic carbocycles. The molecule has 0 aliphatic rings. The summed E-state index contributed by atoms with van der Waals surface area (Å²) in [5.74, 6) is -0.205. The normalized spacial score (nSPS) is 12.4. The zero-order valence-electron chi connectivity index (χ0n) is 8.73. The third-order valence-corrected chi connectivity index (χ3v) is 2.37. The molecule has 0 radical (unpaired) electrons. The summed E-state index contributed by atoms with van der Waals surface area (Å²) in [4.78, 5) is 10.7. The molecule has 0 fully saturated rings. The Morgan fingerprint density at radius 1 is 1.53 bits per heavy atom. The van der Waals surface area contributed by atoms with Gasteiger partial charge in [-0.25, -0.2) is 0 Å². The van der Waals surface area contributed by atoms with E-state index in [9.17, 15) is 9.90 Å². The van der Waals surface area contributed by atoms with Crippen LogP contribution in [0.4, 0.5) is 0 Å². The fourth-order valence-electron chi connectivity index (χ4n) is 1.34. The van der Waals surface area contributed by atoms with Gasteiger partial charge in [-0.05, 0) is 37.0 Å². The van der Waals surface area contributed by atoms with Crippen molar-refractivity contribution in [3.63, 3.8) is 0 Å². The summed E-state index contributed by atoms with van der Waals surface area (Å²) in [5, 5.41) is 9.31. The number of benzene rings is 1.